The minimum Gasteiger partial charge on any atom is -0.383 e. The summed E-state index contributed by atoms with van der Waals surface area (Å²) in [5, 5.41) is 10.6. The maximum atomic E-state index is 5.33. The van der Waals surface area contributed by atoms with E-state index >= 15 is 0 Å². The summed E-state index contributed by atoms with van der Waals surface area (Å²) in [7, 11) is 1.76. The molecule has 0 bridgehead atoms. The van der Waals surface area contributed by atoms with Crippen molar-refractivity contribution >= 4 is 0 Å². The Morgan fingerprint density at radius 3 is 2.45 bits per heavy atom. The Bertz CT molecular complexity index is 541. The molecule has 4 nitrogen and oxygen atoms in total. The minimum absolute atomic E-state index is 0.292. The van der Waals surface area contributed by atoms with Crippen LogP contribution in [0.3, 0.4) is 0 Å². The Hall–Kier alpha value is -1.65. The van der Waals surface area contributed by atoms with Crippen LogP contribution in [0.25, 0.3) is 11.3 Å². The molecular weight excluding hydrogens is 274 g/mol. The molecule has 0 aliphatic rings. The second-order valence-electron chi connectivity index (χ2n) is 6.97. The SMILES string of the molecule is COCC(CC(C)(C)C)NCc1ccc(-c2ccn[nH]2)cc1. The smallest absolute Gasteiger partial charge is 0.0650 e. The number of H-pyrrole nitrogens is 1. The number of benzene rings is 1. The molecule has 0 saturated carbocycles. The van der Waals surface area contributed by atoms with E-state index in [1.54, 1.807) is 13.3 Å². The number of aromatic amines is 1. The normalized spacial score (nSPS) is 13.3. The zero-order valence-corrected chi connectivity index (χ0v) is 14.0. The van der Waals surface area contributed by atoms with Crippen LogP contribution in [0.5, 0.6) is 0 Å². The van der Waals surface area contributed by atoms with Gasteiger partial charge in [0.05, 0.1) is 12.3 Å². The number of hydrogen-bond donors (Lipinski definition) is 2. The van der Waals surface area contributed by atoms with Crippen molar-refractivity contribution in [1.29, 1.82) is 0 Å². The number of nitrogens with one attached hydrogen (secondary N) is 2. The maximum Gasteiger partial charge on any atom is 0.0650 e. The van der Waals surface area contributed by atoms with Crippen LogP contribution in [0.1, 0.15) is 32.8 Å². The Balaban J connectivity index is 1.92. The molecule has 120 valence electrons. The Morgan fingerprint density at radius 1 is 1.18 bits per heavy atom. The van der Waals surface area contributed by atoms with Gasteiger partial charge in [0, 0.05) is 25.9 Å². The van der Waals surface area contributed by atoms with Crippen molar-refractivity contribution in [3.05, 3.63) is 42.1 Å². The third kappa shape index (κ3) is 5.28. The summed E-state index contributed by atoms with van der Waals surface area (Å²) in [6.07, 6.45) is 2.86. The van der Waals surface area contributed by atoms with Crippen LogP contribution < -0.4 is 5.32 Å². The van der Waals surface area contributed by atoms with Crippen molar-refractivity contribution in [3.63, 3.8) is 0 Å². The molecule has 0 aliphatic heterocycles. The first kappa shape index (κ1) is 16.7. The lowest BCUT2D eigenvalue weighted by molar-refractivity contribution is 0.143. The number of ether oxygens (including phenoxy) is 1. The van der Waals surface area contributed by atoms with Crippen LogP contribution >= 0.6 is 0 Å². The van der Waals surface area contributed by atoms with E-state index < -0.39 is 0 Å². The number of methoxy groups -OCH3 is 1. The van der Waals surface area contributed by atoms with Gasteiger partial charge in [-0.05, 0) is 29.0 Å². The highest BCUT2D eigenvalue weighted by Gasteiger charge is 2.18. The van der Waals surface area contributed by atoms with E-state index in [4.69, 9.17) is 4.74 Å². The number of aromatic nitrogens is 2. The molecule has 0 aliphatic carbocycles. The van der Waals surface area contributed by atoms with Gasteiger partial charge in [-0.2, -0.15) is 5.10 Å². The second kappa shape index (κ2) is 7.56. The summed E-state index contributed by atoms with van der Waals surface area (Å²) in [5.41, 5.74) is 3.77. The molecule has 0 saturated heterocycles. The zero-order chi connectivity index (χ0) is 16.0. The molecule has 0 amide bonds. The van der Waals surface area contributed by atoms with Gasteiger partial charge in [0.15, 0.2) is 0 Å². The fourth-order valence-electron chi connectivity index (χ4n) is 2.61. The highest BCUT2D eigenvalue weighted by Crippen LogP contribution is 2.21. The highest BCUT2D eigenvalue weighted by atomic mass is 16.5. The lowest BCUT2D eigenvalue weighted by atomic mass is 9.88. The van der Waals surface area contributed by atoms with Crippen LogP contribution in [0.15, 0.2) is 36.5 Å². The van der Waals surface area contributed by atoms with Crippen molar-refractivity contribution in [1.82, 2.24) is 15.5 Å². The van der Waals surface area contributed by atoms with Crippen LogP contribution in [0, 0.1) is 5.41 Å². The van der Waals surface area contributed by atoms with E-state index in [9.17, 15) is 0 Å². The molecule has 1 unspecified atom stereocenters. The Labute approximate surface area is 133 Å². The topological polar surface area (TPSA) is 49.9 Å². The van der Waals surface area contributed by atoms with Crippen LogP contribution in [0.2, 0.25) is 0 Å². The molecule has 2 N–H and O–H groups in total. The first-order chi connectivity index (χ1) is 10.5. The zero-order valence-electron chi connectivity index (χ0n) is 14.0. The summed E-state index contributed by atoms with van der Waals surface area (Å²) in [5.74, 6) is 0. The van der Waals surface area contributed by atoms with E-state index in [-0.39, 0.29) is 0 Å². The summed E-state index contributed by atoms with van der Waals surface area (Å²) in [6.45, 7) is 8.38. The predicted octanol–water partition coefficient (Wildman–Crippen LogP) is 3.62. The van der Waals surface area contributed by atoms with Crippen LogP contribution in [-0.2, 0) is 11.3 Å². The van der Waals surface area contributed by atoms with Gasteiger partial charge in [-0.15, -0.1) is 0 Å². The number of hydrogen-bond acceptors (Lipinski definition) is 3. The maximum absolute atomic E-state index is 5.33. The average Bonchev–Trinajstić information content (AvgIpc) is 2.98. The first-order valence-corrected chi connectivity index (χ1v) is 7.79. The summed E-state index contributed by atoms with van der Waals surface area (Å²) in [4.78, 5) is 0. The molecule has 0 fully saturated rings. The molecule has 1 aromatic carbocycles. The monoisotopic (exact) mass is 301 g/mol. The van der Waals surface area contributed by atoms with Crippen molar-refractivity contribution in [3.8, 4) is 11.3 Å². The molecule has 1 heterocycles. The van der Waals surface area contributed by atoms with Crippen molar-refractivity contribution in [2.24, 2.45) is 5.41 Å². The van der Waals surface area contributed by atoms with Crippen LogP contribution in [-0.4, -0.2) is 30.0 Å². The Morgan fingerprint density at radius 2 is 1.91 bits per heavy atom. The standard InChI is InChI=1S/C18H27N3O/c1-18(2,3)11-16(13-22-4)19-12-14-5-7-15(8-6-14)17-9-10-20-21-17/h5-10,16,19H,11-13H2,1-4H3,(H,20,21). The van der Waals surface area contributed by atoms with Gasteiger partial charge in [-0.1, -0.05) is 45.0 Å². The fourth-order valence-corrected chi connectivity index (χ4v) is 2.61. The van der Waals surface area contributed by atoms with E-state index in [1.807, 2.05) is 6.07 Å². The van der Waals surface area contributed by atoms with Gasteiger partial charge in [0.2, 0.25) is 0 Å². The van der Waals surface area contributed by atoms with Gasteiger partial charge < -0.3 is 10.1 Å². The van der Waals surface area contributed by atoms with Gasteiger partial charge in [-0.3, -0.25) is 5.10 Å². The quantitative estimate of drug-likeness (QED) is 0.821. The number of rotatable bonds is 7. The molecule has 2 rings (SSSR count). The first-order valence-electron chi connectivity index (χ1n) is 7.79. The molecule has 22 heavy (non-hydrogen) atoms. The lowest BCUT2D eigenvalue weighted by Gasteiger charge is -2.26. The lowest BCUT2D eigenvalue weighted by Crippen LogP contribution is -2.36. The van der Waals surface area contributed by atoms with Gasteiger partial charge in [0.25, 0.3) is 0 Å². The molecular formula is C18H27N3O. The van der Waals surface area contributed by atoms with Gasteiger partial charge >= 0.3 is 0 Å². The summed E-state index contributed by atoms with van der Waals surface area (Å²) < 4.78 is 5.33. The summed E-state index contributed by atoms with van der Waals surface area (Å²) in [6, 6.07) is 10.9. The van der Waals surface area contributed by atoms with E-state index in [0.29, 0.717) is 11.5 Å². The summed E-state index contributed by atoms with van der Waals surface area (Å²) >= 11 is 0. The average molecular weight is 301 g/mol. The molecule has 1 atom stereocenters. The van der Waals surface area contributed by atoms with E-state index in [2.05, 4.69) is 60.6 Å². The van der Waals surface area contributed by atoms with Crippen molar-refractivity contribution in [2.75, 3.05) is 13.7 Å². The molecule has 0 spiro atoms. The van der Waals surface area contributed by atoms with Gasteiger partial charge in [0.1, 0.15) is 0 Å². The third-order valence-electron chi connectivity index (χ3n) is 3.59. The minimum atomic E-state index is 0.292. The highest BCUT2D eigenvalue weighted by molar-refractivity contribution is 5.58. The van der Waals surface area contributed by atoms with E-state index in [1.165, 1.54) is 5.56 Å². The largest absolute Gasteiger partial charge is 0.383 e. The predicted molar refractivity (Wildman–Crippen MR) is 90.6 cm³/mol. The fraction of sp³-hybridized carbons (Fsp3) is 0.500. The molecule has 4 heteroatoms. The second-order valence-corrected chi connectivity index (χ2v) is 6.97. The van der Waals surface area contributed by atoms with Crippen molar-refractivity contribution in [2.45, 2.75) is 39.8 Å². The molecule has 2 aromatic rings. The number of nitrogens with zero attached hydrogens (tertiary/aromatic N) is 1. The molecule has 0 radical (unpaired) electrons. The molecule has 1 aromatic heterocycles. The van der Waals surface area contributed by atoms with Crippen LogP contribution in [0.4, 0.5) is 0 Å². The third-order valence-corrected chi connectivity index (χ3v) is 3.59. The van der Waals surface area contributed by atoms with Gasteiger partial charge in [-0.25, -0.2) is 0 Å². The van der Waals surface area contributed by atoms with Crippen molar-refractivity contribution < 1.29 is 4.74 Å². The Kier molecular flexibility index (Phi) is 5.75. The van der Waals surface area contributed by atoms with E-state index in [0.717, 1.165) is 30.8 Å².